The fourth-order valence-electron chi connectivity index (χ4n) is 6.78. The molecule has 4 aromatic rings. The average Bonchev–Trinajstić information content (AvgIpc) is 3.53. The zero-order valence-electron chi connectivity index (χ0n) is 24.5. The Labute approximate surface area is 247 Å². The maximum atomic E-state index is 13.7. The van der Waals surface area contributed by atoms with Gasteiger partial charge in [0, 0.05) is 37.7 Å². The van der Waals surface area contributed by atoms with Gasteiger partial charge in [0.05, 0.1) is 17.2 Å². The molecule has 2 aromatic carbocycles. The first-order valence-corrected chi connectivity index (χ1v) is 14.7. The van der Waals surface area contributed by atoms with Gasteiger partial charge >= 0.3 is 0 Å². The normalized spacial score (nSPS) is 20.4. The standard InChI is InChI=1S/C34H37N7O/c1-33(2)14-12-28-25(21-36-20-23-8-5-4-6-9-23)16-29(39-30(28)33)31(42)38-27-11-7-10-26(17-27)34(18-24(19-34)13-15-35)32-40-37-22-41(32)3/h4-11,16-17,22,24,36H,12-14,18-21H2,1-3H3,(H,38,42). The molecule has 0 aliphatic heterocycles. The Morgan fingerprint density at radius 3 is 2.64 bits per heavy atom. The number of aryl methyl sites for hydroxylation is 1. The fraction of sp³-hybridized carbons (Fsp3) is 0.382. The number of pyridine rings is 1. The number of nitriles is 1. The summed E-state index contributed by atoms with van der Waals surface area (Å²) in [7, 11) is 1.95. The molecule has 0 radical (unpaired) electrons. The topological polar surface area (TPSA) is 109 Å². The van der Waals surface area contributed by atoms with Crippen LogP contribution in [-0.2, 0) is 37.4 Å². The van der Waals surface area contributed by atoms with Crippen LogP contribution in [0.1, 0.15) is 83.8 Å². The zero-order chi connectivity index (χ0) is 29.3. The van der Waals surface area contributed by atoms with Crippen LogP contribution in [0.2, 0.25) is 0 Å². The van der Waals surface area contributed by atoms with Gasteiger partial charge in [0.1, 0.15) is 17.8 Å². The molecular weight excluding hydrogens is 522 g/mol. The quantitative estimate of drug-likeness (QED) is 0.277. The van der Waals surface area contributed by atoms with Crippen LogP contribution in [0.4, 0.5) is 5.69 Å². The molecule has 2 N–H and O–H groups in total. The summed E-state index contributed by atoms with van der Waals surface area (Å²) < 4.78 is 1.96. The van der Waals surface area contributed by atoms with Gasteiger partial charge in [0.2, 0.25) is 0 Å². The Kier molecular flexibility index (Phi) is 7.38. The van der Waals surface area contributed by atoms with Crippen LogP contribution in [0, 0.1) is 17.2 Å². The second kappa shape index (κ2) is 11.1. The number of carbonyl (C=O) groups is 1. The first-order chi connectivity index (χ1) is 20.3. The number of benzene rings is 2. The molecule has 0 spiro atoms. The summed E-state index contributed by atoms with van der Waals surface area (Å²) in [6.07, 6.45) is 5.88. The van der Waals surface area contributed by atoms with Crippen LogP contribution in [0.25, 0.3) is 0 Å². The lowest BCUT2D eigenvalue weighted by Gasteiger charge is -2.46. The Morgan fingerprint density at radius 2 is 1.90 bits per heavy atom. The summed E-state index contributed by atoms with van der Waals surface area (Å²) in [5, 5.41) is 24.5. The molecule has 42 heavy (non-hydrogen) atoms. The summed E-state index contributed by atoms with van der Waals surface area (Å²) in [4.78, 5) is 18.6. The molecule has 0 saturated heterocycles. The largest absolute Gasteiger partial charge is 0.321 e. The van der Waals surface area contributed by atoms with Gasteiger partial charge in [-0.1, -0.05) is 56.3 Å². The van der Waals surface area contributed by atoms with Crippen LogP contribution in [0.15, 0.2) is 67.0 Å². The lowest BCUT2D eigenvalue weighted by Crippen LogP contribution is -2.44. The molecule has 6 rings (SSSR count). The van der Waals surface area contributed by atoms with E-state index in [2.05, 4.69) is 58.9 Å². The van der Waals surface area contributed by atoms with Crippen molar-refractivity contribution in [3.05, 3.63) is 106 Å². The van der Waals surface area contributed by atoms with E-state index in [1.807, 2.05) is 54.1 Å². The minimum atomic E-state index is -0.332. The number of rotatable bonds is 9. The third kappa shape index (κ3) is 5.21. The van der Waals surface area contributed by atoms with Crippen LogP contribution >= 0.6 is 0 Å². The SMILES string of the molecule is Cn1cnnc1C1(c2cccc(NC(=O)c3cc(CNCc4ccccc4)c4c(n3)C(C)(C)CC4)c2)CC(CC#N)C1. The number of amides is 1. The Morgan fingerprint density at radius 1 is 1.10 bits per heavy atom. The highest BCUT2D eigenvalue weighted by atomic mass is 16.1. The summed E-state index contributed by atoms with van der Waals surface area (Å²) in [5.74, 6) is 0.985. The van der Waals surface area contributed by atoms with Crippen molar-refractivity contribution in [2.75, 3.05) is 5.32 Å². The van der Waals surface area contributed by atoms with E-state index in [9.17, 15) is 10.1 Å². The lowest BCUT2D eigenvalue weighted by molar-refractivity contribution is 0.102. The Bertz CT molecular complexity index is 1640. The second-order valence-electron chi connectivity index (χ2n) is 12.5. The molecule has 0 bridgehead atoms. The number of anilines is 1. The summed E-state index contributed by atoms with van der Waals surface area (Å²) >= 11 is 0. The van der Waals surface area contributed by atoms with Gasteiger partial charge in [-0.15, -0.1) is 10.2 Å². The first kappa shape index (κ1) is 27.8. The maximum Gasteiger partial charge on any atom is 0.274 e. The average molecular weight is 560 g/mol. The van der Waals surface area contributed by atoms with Gasteiger partial charge in [0.25, 0.3) is 5.91 Å². The van der Waals surface area contributed by atoms with Crippen molar-refractivity contribution in [1.82, 2.24) is 25.1 Å². The second-order valence-corrected chi connectivity index (χ2v) is 12.5. The van der Waals surface area contributed by atoms with Crippen molar-refractivity contribution in [1.29, 1.82) is 5.26 Å². The van der Waals surface area contributed by atoms with Crippen LogP contribution in [-0.4, -0.2) is 25.7 Å². The molecule has 2 heterocycles. The molecule has 214 valence electrons. The monoisotopic (exact) mass is 559 g/mol. The molecule has 1 saturated carbocycles. The number of hydrogen-bond acceptors (Lipinski definition) is 6. The van der Waals surface area contributed by atoms with E-state index < -0.39 is 0 Å². The first-order valence-electron chi connectivity index (χ1n) is 14.7. The van der Waals surface area contributed by atoms with Gasteiger partial charge in [-0.3, -0.25) is 4.79 Å². The molecule has 1 amide bonds. The number of carbonyl (C=O) groups excluding carboxylic acids is 1. The van der Waals surface area contributed by atoms with E-state index in [-0.39, 0.29) is 16.7 Å². The summed E-state index contributed by atoms with van der Waals surface area (Å²) in [6.45, 7) is 5.86. The third-order valence-corrected chi connectivity index (χ3v) is 9.04. The third-order valence-electron chi connectivity index (χ3n) is 9.04. The van der Waals surface area contributed by atoms with Gasteiger partial charge in [0.15, 0.2) is 0 Å². The van der Waals surface area contributed by atoms with Crippen molar-refractivity contribution in [3.8, 4) is 6.07 Å². The zero-order valence-corrected chi connectivity index (χ0v) is 24.5. The number of nitrogens with zero attached hydrogens (tertiary/aromatic N) is 5. The van der Waals surface area contributed by atoms with Crippen LogP contribution in [0.3, 0.4) is 0 Å². The van der Waals surface area contributed by atoms with Gasteiger partial charge in [-0.25, -0.2) is 4.98 Å². The van der Waals surface area contributed by atoms with Crippen LogP contribution in [0.5, 0.6) is 0 Å². The molecule has 2 aromatic heterocycles. The van der Waals surface area contributed by atoms with E-state index in [0.29, 0.717) is 30.3 Å². The predicted molar refractivity (Wildman–Crippen MR) is 162 cm³/mol. The van der Waals surface area contributed by atoms with E-state index >= 15 is 0 Å². The fourth-order valence-corrected chi connectivity index (χ4v) is 6.78. The Hall–Kier alpha value is -4.35. The van der Waals surface area contributed by atoms with Crippen molar-refractivity contribution in [2.24, 2.45) is 13.0 Å². The van der Waals surface area contributed by atoms with Crippen molar-refractivity contribution in [2.45, 2.75) is 69.9 Å². The molecule has 2 aliphatic carbocycles. The van der Waals surface area contributed by atoms with Gasteiger partial charge < -0.3 is 15.2 Å². The van der Waals surface area contributed by atoms with E-state index in [4.69, 9.17) is 4.98 Å². The molecule has 8 nitrogen and oxygen atoms in total. The van der Waals surface area contributed by atoms with Crippen LogP contribution < -0.4 is 10.6 Å². The molecule has 8 heteroatoms. The van der Waals surface area contributed by atoms with Crippen molar-refractivity contribution in [3.63, 3.8) is 0 Å². The minimum absolute atomic E-state index is 0.0770. The smallest absolute Gasteiger partial charge is 0.274 e. The van der Waals surface area contributed by atoms with E-state index in [1.54, 1.807) is 6.33 Å². The summed E-state index contributed by atoms with van der Waals surface area (Å²) in [6, 6.07) is 22.6. The number of aromatic nitrogens is 4. The molecular formula is C34H37N7O. The van der Waals surface area contributed by atoms with Gasteiger partial charge in [-0.05, 0) is 72.1 Å². The lowest BCUT2D eigenvalue weighted by atomic mass is 9.57. The molecule has 0 atom stereocenters. The maximum absolute atomic E-state index is 13.7. The molecule has 2 aliphatic rings. The highest BCUT2D eigenvalue weighted by molar-refractivity contribution is 6.03. The van der Waals surface area contributed by atoms with Gasteiger partial charge in [-0.2, -0.15) is 5.26 Å². The summed E-state index contributed by atoms with van der Waals surface area (Å²) in [5.41, 5.74) is 6.47. The number of fused-ring (bicyclic) bond motifs is 1. The number of nitrogens with one attached hydrogen (secondary N) is 2. The van der Waals surface area contributed by atoms with Crippen molar-refractivity contribution < 1.29 is 4.79 Å². The van der Waals surface area contributed by atoms with Crippen molar-refractivity contribution >= 4 is 11.6 Å². The Balaban J connectivity index is 1.25. The molecule has 1 fully saturated rings. The highest BCUT2D eigenvalue weighted by Crippen LogP contribution is 2.53. The highest BCUT2D eigenvalue weighted by Gasteiger charge is 2.49. The minimum Gasteiger partial charge on any atom is -0.321 e. The predicted octanol–water partition coefficient (Wildman–Crippen LogP) is 5.59. The number of hydrogen-bond donors (Lipinski definition) is 2. The molecule has 0 unspecified atom stereocenters. The van der Waals surface area contributed by atoms with E-state index in [0.717, 1.165) is 54.9 Å². The van der Waals surface area contributed by atoms with E-state index in [1.165, 1.54) is 11.1 Å².